The van der Waals surface area contributed by atoms with E-state index in [1.165, 1.54) is 30.3 Å². The molecule has 1 aromatic heterocycles. The van der Waals surface area contributed by atoms with Crippen molar-refractivity contribution in [3.05, 3.63) is 82.5 Å². The van der Waals surface area contributed by atoms with E-state index < -0.39 is 41.1 Å². The molecule has 2 aromatic carbocycles. The van der Waals surface area contributed by atoms with E-state index in [0.29, 0.717) is 16.9 Å². The lowest BCUT2D eigenvalue weighted by atomic mass is 9.93. The average molecular weight is 519 g/mol. The molecule has 0 spiro atoms. The second kappa shape index (κ2) is 11.5. The number of esters is 2. The summed E-state index contributed by atoms with van der Waals surface area (Å²) in [5.74, 6) is -4.81. The summed E-state index contributed by atoms with van der Waals surface area (Å²) in [6, 6.07) is 11.2. The van der Waals surface area contributed by atoms with Crippen LogP contribution in [0.15, 0.2) is 54.6 Å². The van der Waals surface area contributed by atoms with Crippen LogP contribution in [-0.2, 0) is 20.7 Å². The highest BCUT2D eigenvalue weighted by atomic mass is 32.1. The van der Waals surface area contributed by atoms with Gasteiger partial charge in [0.15, 0.2) is 11.6 Å². The van der Waals surface area contributed by atoms with Crippen molar-refractivity contribution >= 4 is 29.2 Å². The molecule has 0 saturated heterocycles. The quantitative estimate of drug-likeness (QED) is 0.298. The van der Waals surface area contributed by atoms with Gasteiger partial charge in [0.05, 0.1) is 0 Å². The fourth-order valence-corrected chi connectivity index (χ4v) is 4.51. The zero-order valence-electron chi connectivity index (χ0n) is 19.6. The van der Waals surface area contributed by atoms with Crippen molar-refractivity contribution in [1.29, 1.82) is 0 Å². The van der Waals surface area contributed by atoms with E-state index >= 15 is 0 Å². The maximum Gasteiger partial charge on any atom is 0.356 e. The molecule has 6 nitrogen and oxygen atoms in total. The van der Waals surface area contributed by atoms with Gasteiger partial charge in [0.2, 0.25) is 5.91 Å². The number of benzene rings is 2. The molecule has 0 saturated carbocycles. The molecule has 0 bridgehead atoms. The Morgan fingerprint density at radius 3 is 2.33 bits per heavy atom. The molecule has 3 aromatic rings. The predicted octanol–water partition coefficient (Wildman–Crippen LogP) is 4.76. The van der Waals surface area contributed by atoms with Gasteiger partial charge in [0, 0.05) is 16.8 Å². The number of thiophene rings is 1. The lowest BCUT2D eigenvalue weighted by Gasteiger charge is -2.31. The minimum Gasteiger partial charge on any atom is -0.388 e. The standard InChI is InChI=1S/C26H25F3N2O4S/c1-26(2,14-15-3-6-17(27)7-4-15)31-20(9-12-23(30)32)24(33)35-25(34)22-11-10-21(36-22)16-5-8-18(28)19(29)13-16/h3-8,10-11,13,20,31H,9,12,14H2,1-2H3,(H2,30,32)/t20-/m0/s1. The van der Waals surface area contributed by atoms with Crippen molar-refractivity contribution in [2.24, 2.45) is 5.73 Å². The molecule has 0 fully saturated rings. The number of hydrogen-bond donors (Lipinski definition) is 2. The van der Waals surface area contributed by atoms with Gasteiger partial charge in [-0.2, -0.15) is 0 Å². The van der Waals surface area contributed by atoms with Crippen molar-refractivity contribution in [2.45, 2.75) is 44.7 Å². The van der Waals surface area contributed by atoms with E-state index in [0.717, 1.165) is 29.0 Å². The summed E-state index contributed by atoms with van der Waals surface area (Å²) >= 11 is 0.956. The van der Waals surface area contributed by atoms with Gasteiger partial charge >= 0.3 is 11.9 Å². The Labute approximate surface area is 210 Å². The summed E-state index contributed by atoms with van der Waals surface area (Å²) in [4.78, 5) is 37.4. The SMILES string of the molecule is CC(C)(Cc1ccc(F)cc1)N[C@@H](CCC(N)=O)C(=O)OC(=O)c1ccc(-c2ccc(F)c(F)c2)s1. The lowest BCUT2D eigenvalue weighted by molar-refractivity contribution is -0.141. The van der Waals surface area contributed by atoms with Crippen LogP contribution >= 0.6 is 11.3 Å². The van der Waals surface area contributed by atoms with Gasteiger partial charge in [-0.25, -0.2) is 22.8 Å². The Balaban J connectivity index is 1.70. The van der Waals surface area contributed by atoms with Crippen LogP contribution in [0.4, 0.5) is 13.2 Å². The molecular formula is C26H25F3N2O4S. The van der Waals surface area contributed by atoms with Crippen LogP contribution in [0.3, 0.4) is 0 Å². The van der Waals surface area contributed by atoms with Gasteiger partial charge in [0.1, 0.15) is 16.7 Å². The summed E-state index contributed by atoms with van der Waals surface area (Å²) in [5.41, 5.74) is 5.74. The van der Waals surface area contributed by atoms with Gasteiger partial charge in [0.25, 0.3) is 0 Å². The number of amides is 1. The molecule has 190 valence electrons. The maximum absolute atomic E-state index is 13.5. The summed E-state index contributed by atoms with van der Waals surface area (Å²) in [7, 11) is 0. The van der Waals surface area contributed by atoms with E-state index in [4.69, 9.17) is 10.5 Å². The highest BCUT2D eigenvalue weighted by Gasteiger charge is 2.30. The molecule has 0 radical (unpaired) electrons. The molecule has 0 aliphatic rings. The Morgan fingerprint density at radius 2 is 1.69 bits per heavy atom. The van der Waals surface area contributed by atoms with Crippen LogP contribution < -0.4 is 11.1 Å². The Morgan fingerprint density at radius 1 is 1.00 bits per heavy atom. The zero-order valence-corrected chi connectivity index (χ0v) is 20.5. The van der Waals surface area contributed by atoms with Gasteiger partial charge in [-0.05, 0) is 74.2 Å². The molecule has 0 aliphatic carbocycles. The monoisotopic (exact) mass is 518 g/mol. The summed E-state index contributed by atoms with van der Waals surface area (Å²) < 4.78 is 45.0. The molecule has 10 heteroatoms. The number of hydrogen-bond acceptors (Lipinski definition) is 6. The largest absolute Gasteiger partial charge is 0.388 e. The Hall–Kier alpha value is -3.50. The number of carbonyl (C=O) groups excluding carboxylic acids is 3. The van der Waals surface area contributed by atoms with Gasteiger partial charge < -0.3 is 10.5 Å². The fraction of sp³-hybridized carbons (Fsp3) is 0.269. The van der Waals surface area contributed by atoms with Crippen molar-refractivity contribution in [3.63, 3.8) is 0 Å². The highest BCUT2D eigenvalue weighted by Crippen LogP contribution is 2.29. The number of nitrogens with one attached hydrogen (secondary N) is 1. The number of nitrogens with two attached hydrogens (primary N) is 1. The summed E-state index contributed by atoms with van der Waals surface area (Å²) in [5, 5.41) is 3.11. The summed E-state index contributed by atoms with van der Waals surface area (Å²) in [6.07, 6.45) is 0.301. The van der Waals surface area contributed by atoms with Crippen LogP contribution in [0.1, 0.15) is 41.9 Å². The molecule has 1 heterocycles. The van der Waals surface area contributed by atoms with Gasteiger partial charge in [-0.3, -0.25) is 10.1 Å². The molecule has 0 aliphatic heterocycles. The van der Waals surface area contributed by atoms with Crippen molar-refractivity contribution < 1.29 is 32.3 Å². The lowest BCUT2D eigenvalue weighted by Crippen LogP contribution is -2.51. The van der Waals surface area contributed by atoms with Crippen LogP contribution in [-0.4, -0.2) is 29.4 Å². The number of carbonyl (C=O) groups is 3. The number of halogens is 3. The fourth-order valence-electron chi connectivity index (χ4n) is 3.64. The predicted molar refractivity (Wildman–Crippen MR) is 130 cm³/mol. The third kappa shape index (κ3) is 7.50. The van der Waals surface area contributed by atoms with Crippen LogP contribution in [0.5, 0.6) is 0 Å². The zero-order chi connectivity index (χ0) is 26.5. The first-order valence-corrected chi connectivity index (χ1v) is 11.9. The molecule has 1 atom stereocenters. The first-order valence-electron chi connectivity index (χ1n) is 11.1. The number of primary amides is 1. The minimum atomic E-state index is -1.03. The average Bonchev–Trinajstić information content (AvgIpc) is 3.30. The minimum absolute atomic E-state index is 0.00115. The van der Waals surface area contributed by atoms with E-state index in [-0.39, 0.29) is 23.5 Å². The van der Waals surface area contributed by atoms with Crippen molar-refractivity contribution in [2.75, 3.05) is 0 Å². The third-order valence-electron chi connectivity index (χ3n) is 5.29. The molecule has 3 rings (SSSR count). The van der Waals surface area contributed by atoms with Crippen molar-refractivity contribution in [1.82, 2.24) is 5.32 Å². The van der Waals surface area contributed by atoms with E-state index in [1.807, 2.05) is 13.8 Å². The number of ether oxygens (including phenoxy) is 1. The second-order valence-corrected chi connectivity index (χ2v) is 9.97. The topological polar surface area (TPSA) is 98.5 Å². The first-order chi connectivity index (χ1) is 16.9. The molecule has 36 heavy (non-hydrogen) atoms. The van der Waals surface area contributed by atoms with Crippen molar-refractivity contribution in [3.8, 4) is 10.4 Å². The molecule has 3 N–H and O–H groups in total. The normalized spacial score (nSPS) is 12.2. The number of rotatable bonds is 10. The van der Waals surface area contributed by atoms with Crippen LogP contribution in [0.25, 0.3) is 10.4 Å². The molecular weight excluding hydrogens is 493 g/mol. The van der Waals surface area contributed by atoms with Gasteiger partial charge in [-0.1, -0.05) is 18.2 Å². The second-order valence-electron chi connectivity index (χ2n) is 8.89. The van der Waals surface area contributed by atoms with E-state index in [2.05, 4.69) is 5.32 Å². The first kappa shape index (κ1) is 27.1. The van der Waals surface area contributed by atoms with Crippen LogP contribution in [0, 0.1) is 17.5 Å². The smallest absolute Gasteiger partial charge is 0.356 e. The maximum atomic E-state index is 13.5. The molecule has 0 unspecified atom stereocenters. The van der Waals surface area contributed by atoms with E-state index in [1.54, 1.807) is 12.1 Å². The van der Waals surface area contributed by atoms with Crippen LogP contribution in [0.2, 0.25) is 0 Å². The summed E-state index contributed by atoms with van der Waals surface area (Å²) in [6.45, 7) is 3.63. The Bertz CT molecular complexity index is 1260. The Kier molecular flexibility index (Phi) is 8.65. The van der Waals surface area contributed by atoms with Gasteiger partial charge in [-0.15, -0.1) is 11.3 Å². The highest BCUT2D eigenvalue weighted by molar-refractivity contribution is 7.17. The third-order valence-corrected chi connectivity index (χ3v) is 6.41. The molecule has 1 amide bonds. The van der Waals surface area contributed by atoms with E-state index in [9.17, 15) is 27.6 Å².